The van der Waals surface area contributed by atoms with Crippen LogP contribution in [0.15, 0.2) is 47.3 Å². The molecule has 2 amide bonds. The fraction of sp³-hybridized carbons (Fsp3) is 0.448. The van der Waals surface area contributed by atoms with Crippen LogP contribution in [-0.4, -0.2) is 40.9 Å². The number of amides is 2. The van der Waals surface area contributed by atoms with Gasteiger partial charge in [-0.2, -0.15) is 26.3 Å². The average Bonchev–Trinajstić information content (AvgIpc) is 3.68. The van der Waals surface area contributed by atoms with Gasteiger partial charge in [0.2, 0.25) is 11.8 Å². The Balaban J connectivity index is 1.65. The summed E-state index contributed by atoms with van der Waals surface area (Å²) < 4.78 is 103. The van der Waals surface area contributed by atoms with Gasteiger partial charge in [0.1, 0.15) is 18.5 Å². The number of carbonyl (C=O) groups is 2. The molecule has 2 N–H and O–H groups in total. The first-order chi connectivity index (χ1) is 20.1. The third kappa shape index (κ3) is 7.71. The van der Waals surface area contributed by atoms with Gasteiger partial charge in [-0.15, -0.1) is 0 Å². The number of hydrogen-bond donors (Lipinski definition) is 2. The lowest BCUT2D eigenvalue weighted by Gasteiger charge is -2.38. The quantitative estimate of drug-likeness (QED) is 0.248. The third-order valence-electron chi connectivity index (χ3n) is 7.38. The van der Waals surface area contributed by atoms with E-state index in [1.165, 1.54) is 12.3 Å². The zero-order valence-electron chi connectivity index (χ0n) is 23.2. The number of hydrogen-bond acceptors (Lipinski definition) is 5. The molecule has 0 aliphatic heterocycles. The highest BCUT2D eigenvalue weighted by Crippen LogP contribution is 2.45. The lowest BCUT2D eigenvalue weighted by atomic mass is 9.82. The van der Waals surface area contributed by atoms with E-state index in [0.29, 0.717) is 17.2 Å². The molecule has 0 spiro atoms. The fourth-order valence-corrected chi connectivity index (χ4v) is 4.72. The van der Waals surface area contributed by atoms with Crippen LogP contribution < -0.4 is 10.6 Å². The standard InChI is InChI=1S/C29H29F7N4O3/c1-16(13-38-25(41)12-28(31,32)33)26(42)39-27(29(34,35)36,10-9-21-7-5-20(14-37-21)18-3-4-18)23-8-6-19(11-24(23)30)22-15-43-40-17(22)2/h5-8,11,14-16,18H,3-4,9-10,12-13H2,1-2H3,(H,38,41)(H,39,42). The molecule has 232 valence electrons. The topological polar surface area (TPSA) is 97.1 Å². The number of nitrogens with one attached hydrogen (secondary N) is 2. The highest BCUT2D eigenvalue weighted by atomic mass is 19.4. The Labute approximate surface area is 242 Å². The van der Waals surface area contributed by atoms with Gasteiger partial charge in [-0.05, 0) is 61.8 Å². The molecule has 1 aromatic carbocycles. The van der Waals surface area contributed by atoms with Crippen molar-refractivity contribution >= 4 is 11.8 Å². The summed E-state index contributed by atoms with van der Waals surface area (Å²) >= 11 is 0. The van der Waals surface area contributed by atoms with E-state index < -0.39 is 66.4 Å². The maximum atomic E-state index is 15.7. The zero-order chi connectivity index (χ0) is 31.6. The molecule has 2 atom stereocenters. The maximum Gasteiger partial charge on any atom is 0.415 e. The Morgan fingerprint density at radius 1 is 1.09 bits per heavy atom. The number of nitrogens with zero attached hydrogens (tertiary/aromatic N) is 2. The summed E-state index contributed by atoms with van der Waals surface area (Å²) in [6, 6.07) is 6.41. The molecule has 4 rings (SSSR count). The molecule has 2 unspecified atom stereocenters. The maximum absolute atomic E-state index is 15.7. The van der Waals surface area contributed by atoms with Crippen LogP contribution in [0.4, 0.5) is 30.7 Å². The number of carbonyl (C=O) groups excluding carboxylic acids is 2. The van der Waals surface area contributed by atoms with E-state index in [4.69, 9.17) is 4.52 Å². The number of alkyl halides is 6. The first-order valence-corrected chi connectivity index (χ1v) is 13.5. The molecule has 7 nitrogen and oxygen atoms in total. The zero-order valence-corrected chi connectivity index (χ0v) is 23.2. The van der Waals surface area contributed by atoms with Gasteiger partial charge in [0.25, 0.3) is 0 Å². The Morgan fingerprint density at radius 3 is 2.35 bits per heavy atom. The van der Waals surface area contributed by atoms with Crippen LogP contribution in [0.1, 0.15) is 61.0 Å². The fourth-order valence-electron chi connectivity index (χ4n) is 4.72. The minimum atomic E-state index is -5.23. The van der Waals surface area contributed by atoms with E-state index >= 15 is 17.6 Å². The minimum Gasteiger partial charge on any atom is -0.364 e. The van der Waals surface area contributed by atoms with Crippen molar-refractivity contribution in [2.75, 3.05) is 6.54 Å². The molecule has 1 fully saturated rings. The van der Waals surface area contributed by atoms with Crippen LogP contribution in [0.3, 0.4) is 0 Å². The van der Waals surface area contributed by atoms with Crippen molar-refractivity contribution in [2.24, 2.45) is 5.92 Å². The molecular weight excluding hydrogens is 585 g/mol. The number of aromatic nitrogens is 2. The number of rotatable bonds is 11. The van der Waals surface area contributed by atoms with Crippen molar-refractivity contribution in [3.05, 3.63) is 71.1 Å². The number of aryl methyl sites for hydroxylation is 2. The van der Waals surface area contributed by atoms with Crippen molar-refractivity contribution in [1.82, 2.24) is 20.8 Å². The van der Waals surface area contributed by atoms with Crippen molar-refractivity contribution in [1.29, 1.82) is 0 Å². The summed E-state index contributed by atoms with van der Waals surface area (Å²) in [6.07, 6.45) is -8.18. The minimum absolute atomic E-state index is 0.195. The van der Waals surface area contributed by atoms with Crippen LogP contribution in [0.2, 0.25) is 0 Å². The molecule has 0 saturated heterocycles. The SMILES string of the molecule is Cc1nocc1-c1ccc(C(CCc2ccc(C3CC3)cn2)(NC(=O)C(C)CNC(=O)CC(F)(F)F)C(F)(F)F)c(F)c1. The average molecular weight is 615 g/mol. The normalized spacial score (nSPS) is 15.9. The highest BCUT2D eigenvalue weighted by Gasteiger charge is 2.58. The smallest absolute Gasteiger partial charge is 0.364 e. The van der Waals surface area contributed by atoms with E-state index in [1.54, 1.807) is 25.3 Å². The van der Waals surface area contributed by atoms with Gasteiger partial charge in [-0.25, -0.2) is 4.39 Å². The molecule has 2 aromatic heterocycles. The molecule has 2 heterocycles. The molecule has 43 heavy (non-hydrogen) atoms. The monoisotopic (exact) mass is 614 g/mol. The second kappa shape index (κ2) is 12.3. The third-order valence-corrected chi connectivity index (χ3v) is 7.38. The summed E-state index contributed by atoms with van der Waals surface area (Å²) in [5.74, 6) is -4.98. The Morgan fingerprint density at radius 2 is 1.81 bits per heavy atom. The highest BCUT2D eigenvalue weighted by molar-refractivity contribution is 5.81. The van der Waals surface area contributed by atoms with Gasteiger partial charge in [0, 0.05) is 29.6 Å². The number of halogens is 7. The summed E-state index contributed by atoms with van der Waals surface area (Å²) in [7, 11) is 0. The van der Waals surface area contributed by atoms with Crippen LogP contribution in [0, 0.1) is 18.7 Å². The summed E-state index contributed by atoms with van der Waals surface area (Å²) in [5.41, 5.74) is -1.94. The van der Waals surface area contributed by atoms with Gasteiger partial charge in [0.05, 0.1) is 11.6 Å². The summed E-state index contributed by atoms with van der Waals surface area (Å²) in [5, 5.41) is 7.53. The number of pyridine rings is 1. The van der Waals surface area contributed by atoms with Crippen molar-refractivity contribution in [3.8, 4) is 11.1 Å². The molecule has 1 saturated carbocycles. The first kappa shape index (κ1) is 32.0. The van der Waals surface area contributed by atoms with Crippen molar-refractivity contribution < 1.29 is 44.8 Å². The van der Waals surface area contributed by atoms with Crippen LogP contribution >= 0.6 is 0 Å². The first-order valence-electron chi connectivity index (χ1n) is 13.5. The lowest BCUT2D eigenvalue weighted by Crippen LogP contribution is -2.58. The van der Waals surface area contributed by atoms with E-state index in [0.717, 1.165) is 37.5 Å². The van der Waals surface area contributed by atoms with Gasteiger partial charge in [0.15, 0.2) is 5.54 Å². The predicted octanol–water partition coefficient (Wildman–Crippen LogP) is 6.27. The van der Waals surface area contributed by atoms with E-state index in [1.807, 2.05) is 10.6 Å². The van der Waals surface area contributed by atoms with Gasteiger partial charge in [-0.3, -0.25) is 14.6 Å². The van der Waals surface area contributed by atoms with E-state index in [2.05, 4.69) is 10.1 Å². The lowest BCUT2D eigenvalue weighted by molar-refractivity contribution is -0.206. The van der Waals surface area contributed by atoms with Crippen molar-refractivity contribution in [3.63, 3.8) is 0 Å². The molecule has 3 aromatic rings. The molecule has 14 heteroatoms. The Kier molecular flexibility index (Phi) is 9.16. The summed E-state index contributed by atoms with van der Waals surface area (Å²) in [4.78, 5) is 28.9. The molecular formula is C29H29F7N4O3. The predicted molar refractivity (Wildman–Crippen MR) is 140 cm³/mol. The van der Waals surface area contributed by atoms with Crippen LogP contribution in [-0.2, 0) is 21.5 Å². The molecule has 1 aliphatic rings. The second-order valence-electron chi connectivity index (χ2n) is 10.8. The molecule has 1 aliphatic carbocycles. The van der Waals surface area contributed by atoms with Crippen LogP contribution in [0.5, 0.6) is 0 Å². The van der Waals surface area contributed by atoms with Gasteiger partial charge >= 0.3 is 12.4 Å². The van der Waals surface area contributed by atoms with E-state index in [-0.39, 0.29) is 17.7 Å². The molecule has 0 radical (unpaired) electrons. The second-order valence-corrected chi connectivity index (χ2v) is 10.8. The van der Waals surface area contributed by atoms with E-state index in [9.17, 15) is 22.8 Å². The van der Waals surface area contributed by atoms with Crippen molar-refractivity contribution in [2.45, 2.75) is 69.8 Å². The number of benzene rings is 1. The Bertz CT molecular complexity index is 1450. The summed E-state index contributed by atoms with van der Waals surface area (Å²) in [6.45, 7) is 2.03. The molecule has 0 bridgehead atoms. The Hall–Kier alpha value is -3.97. The van der Waals surface area contributed by atoms with Gasteiger partial charge in [-0.1, -0.05) is 30.3 Å². The van der Waals surface area contributed by atoms with Crippen LogP contribution in [0.25, 0.3) is 11.1 Å². The largest absolute Gasteiger partial charge is 0.415 e. The van der Waals surface area contributed by atoms with Gasteiger partial charge < -0.3 is 15.2 Å².